The minimum atomic E-state index is -1.03. The highest BCUT2D eigenvalue weighted by molar-refractivity contribution is 5.97. The molecule has 0 saturated carbocycles. The number of likely N-dealkylation sites (tertiary alicyclic amines) is 1. The minimum absolute atomic E-state index is 0.168. The molecule has 0 radical (unpaired) electrons. The Hall–Kier alpha value is -3.68. The van der Waals surface area contributed by atoms with E-state index in [0.717, 1.165) is 22.9 Å². The number of para-hydroxylation sites is 1. The average Bonchev–Trinajstić information content (AvgIpc) is 3.24. The average molecular weight is 480 g/mol. The summed E-state index contributed by atoms with van der Waals surface area (Å²) in [6.45, 7) is 5.10. The van der Waals surface area contributed by atoms with Crippen molar-refractivity contribution in [3.05, 3.63) is 71.7 Å². The van der Waals surface area contributed by atoms with E-state index in [1.165, 1.54) is 24.3 Å². The van der Waals surface area contributed by atoms with Crippen LogP contribution in [0.4, 0.5) is 4.39 Å². The van der Waals surface area contributed by atoms with Gasteiger partial charge in [-0.15, -0.1) is 0 Å². The first kappa shape index (κ1) is 24.4. The maximum atomic E-state index is 13.3. The minimum Gasteiger partial charge on any atom is -0.454 e. The third-order valence-electron chi connectivity index (χ3n) is 6.35. The van der Waals surface area contributed by atoms with Gasteiger partial charge in [-0.05, 0) is 54.2 Å². The molecule has 2 N–H and O–H groups in total. The van der Waals surface area contributed by atoms with Crippen LogP contribution in [-0.2, 0) is 20.7 Å². The summed E-state index contributed by atoms with van der Waals surface area (Å²) in [5.74, 6) is -1.15. The van der Waals surface area contributed by atoms with Gasteiger partial charge in [0.15, 0.2) is 6.61 Å². The smallest absolute Gasteiger partial charge is 0.329 e. The lowest BCUT2D eigenvalue weighted by atomic mass is 9.92. The number of rotatable bonds is 7. The highest BCUT2D eigenvalue weighted by atomic mass is 19.1. The summed E-state index contributed by atoms with van der Waals surface area (Å²) >= 11 is 0. The number of hydrogen-bond donors (Lipinski definition) is 2. The van der Waals surface area contributed by atoms with Gasteiger partial charge in [0.1, 0.15) is 11.9 Å². The maximum absolute atomic E-state index is 13.3. The number of fused-ring (bicyclic) bond motifs is 1. The molecular formula is C27H30FN3O4. The third-order valence-corrected chi connectivity index (χ3v) is 6.35. The molecule has 184 valence electrons. The van der Waals surface area contributed by atoms with Gasteiger partial charge in [0.25, 0.3) is 11.8 Å². The van der Waals surface area contributed by atoms with Crippen LogP contribution in [0, 0.1) is 17.7 Å². The predicted molar refractivity (Wildman–Crippen MR) is 130 cm³/mol. The SMILES string of the molecule is C[C@@H]1C[C@@H](C)CN(C(=O)COC(=O)[C@@H](Cc2c[nH]c3ccccc23)NC(=O)c2ccc(F)cc2)C1. The molecule has 1 aliphatic rings. The summed E-state index contributed by atoms with van der Waals surface area (Å²) in [4.78, 5) is 43.5. The number of aromatic nitrogens is 1. The summed E-state index contributed by atoms with van der Waals surface area (Å²) in [6.07, 6.45) is 3.02. The summed E-state index contributed by atoms with van der Waals surface area (Å²) in [5.41, 5.74) is 1.95. The fourth-order valence-corrected chi connectivity index (χ4v) is 4.75. The van der Waals surface area contributed by atoms with Crippen LogP contribution in [0.2, 0.25) is 0 Å². The largest absolute Gasteiger partial charge is 0.454 e. The van der Waals surface area contributed by atoms with E-state index >= 15 is 0 Å². The number of nitrogens with zero attached hydrogens (tertiary/aromatic N) is 1. The van der Waals surface area contributed by atoms with Gasteiger partial charge < -0.3 is 19.9 Å². The van der Waals surface area contributed by atoms with Crippen LogP contribution in [-0.4, -0.2) is 53.4 Å². The van der Waals surface area contributed by atoms with Crippen LogP contribution in [0.1, 0.15) is 36.2 Å². The summed E-state index contributed by atoms with van der Waals surface area (Å²) < 4.78 is 18.7. The van der Waals surface area contributed by atoms with Crippen molar-refractivity contribution in [1.82, 2.24) is 15.2 Å². The molecule has 7 nitrogen and oxygen atoms in total. The quantitative estimate of drug-likeness (QED) is 0.506. The van der Waals surface area contributed by atoms with Crippen molar-refractivity contribution in [3.63, 3.8) is 0 Å². The topological polar surface area (TPSA) is 91.5 Å². The number of ether oxygens (including phenoxy) is 1. The molecule has 0 spiro atoms. The predicted octanol–water partition coefficient (Wildman–Crippen LogP) is 3.70. The van der Waals surface area contributed by atoms with Gasteiger partial charge in [0, 0.05) is 42.2 Å². The van der Waals surface area contributed by atoms with E-state index < -0.39 is 23.7 Å². The van der Waals surface area contributed by atoms with Crippen LogP contribution >= 0.6 is 0 Å². The van der Waals surface area contributed by atoms with Crippen LogP contribution in [0.5, 0.6) is 0 Å². The van der Waals surface area contributed by atoms with E-state index in [1.807, 2.05) is 24.3 Å². The zero-order valence-corrected chi connectivity index (χ0v) is 19.9. The molecule has 4 rings (SSSR count). The van der Waals surface area contributed by atoms with Crippen LogP contribution in [0.3, 0.4) is 0 Å². The lowest BCUT2D eigenvalue weighted by Crippen LogP contribution is -2.47. The molecule has 3 aromatic rings. The Morgan fingerprint density at radius 3 is 2.49 bits per heavy atom. The zero-order valence-electron chi connectivity index (χ0n) is 19.9. The van der Waals surface area contributed by atoms with Crippen molar-refractivity contribution >= 4 is 28.7 Å². The molecule has 2 amide bonds. The molecule has 0 aliphatic carbocycles. The first-order valence-corrected chi connectivity index (χ1v) is 11.9. The molecule has 0 unspecified atom stereocenters. The lowest BCUT2D eigenvalue weighted by molar-refractivity contribution is -0.154. The van der Waals surface area contributed by atoms with Gasteiger partial charge in [-0.2, -0.15) is 0 Å². The first-order chi connectivity index (χ1) is 16.8. The number of amides is 2. The molecule has 1 saturated heterocycles. The number of hydrogen-bond acceptors (Lipinski definition) is 4. The Labute approximate surface area is 203 Å². The molecular weight excluding hydrogens is 449 g/mol. The second-order valence-corrected chi connectivity index (χ2v) is 9.45. The summed E-state index contributed by atoms with van der Waals surface area (Å²) in [7, 11) is 0. The molecule has 35 heavy (non-hydrogen) atoms. The highest BCUT2D eigenvalue weighted by Gasteiger charge is 2.29. The Morgan fingerprint density at radius 2 is 1.77 bits per heavy atom. The molecule has 1 aliphatic heterocycles. The standard InChI is InChI=1S/C27H30FN3O4/c1-17-11-18(2)15-31(14-17)25(32)16-35-27(34)24(30-26(33)19-7-9-21(28)10-8-19)12-20-13-29-23-6-4-3-5-22(20)23/h3-10,13,17-18,24,29H,11-12,14-16H2,1-2H3,(H,30,33)/t17-,18-,24-/m1/s1. The van der Waals surface area contributed by atoms with Crippen molar-refractivity contribution in [1.29, 1.82) is 0 Å². The number of carbonyl (C=O) groups is 3. The normalized spacial score (nSPS) is 18.8. The molecule has 0 bridgehead atoms. The van der Waals surface area contributed by atoms with E-state index in [1.54, 1.807) is 11.1 Å². The fourth-order valence-electron chi connectivity index (χ4n) is 4.75. The second-order valence-electron chi connectivity index (χ2n) is 9.45. The molecule has 1 fully saturated rings. The zero-order chi connectivity index (χ0) is 24.9. The van der Waals surface area contributed by atoms with E-state index in [-0.39, 0.29) is 24.5 Å². The van der Waals surface area contributed by atoms with E-state index in [4.69, 9.17) is 4.74 Å². The van der Waals surface area contributed by atoms with Gasteiger partial charge in [0.05, 0.1) is 0 Å². The Bertz CT molecular complexity index is 1200. The van der Waals surface area contributed by atoms with Crippen LogP contribution in [0.25, 0.3) is 10.9 Å². The molecule has 3 atom stereocenters. The Kier molecular flexibility index (Phi) is 7.48. The van der Waals surface area contributed by atoms with Crippen molar-refractivity contribution in [2.45, 2.75) is 32.7 Å². The first-order valence-electron chi connectivity index (χ1n) is 11.9. The number of carbonyl (C=O) groups excluding carboxylic acids is 3. The Morgan fingerprint density at radius 1 is 1.09 bits per heavy atom. The van der Waals surface area contributed by atoms with Crippen molar-refractivity contribution in [2.24, 2.45) is 11.8 Å². The number of aromatic amines is 1. The van der Waals surface area contributed by atoms with Gasteiger partial charge in [-0.25, -0.2) is 9.18 Å². The number of halogens is 1. The van der Waals surface area contributed by atoms with Crippen molar-refractivity contribution in [3.8, 4) is 0 Å². The fraction of sp³-hybridized carbons (Fsp3) is 0.370. The number of esters is 1. The number of H-pyrrole nitrogens is 1. The summed E-state index contributed by atoms with van der Waals surface area (Å²) in [6, 6.07) is 11.7. The lowest BCUT2D eigenvalue weighted by Gasteiger charge is -2.34. The van der Waals surface area contributed by atoms with Crippen LogP contribution < -0.4 is 5.32 Å². The van der Waals surface area contributed by atoms with E-state index in [0.29, 0.717) is 24.9 Å². The second kappa shape index (κ2) is 10.7. The monoisotopic (exact) mass is 479 g/mol. The highest BCUT2D eigenvalue weighted by Crippen LogP contribution is 2.22. The number of piperidine rings is 1. The number of nitrogens with one attached hydrogen (secondary N) is 2. The van der Waals surface area contributed by atoms with Crippen molar-refractivity contribution in [2.75, 3.05) is 19.7 Å². The van der Waals surface area contributed by atoms with E-state index in [9.17, 15) is 18.8 Å². The van der Waals surface area contributed by atoms with Crippen LogP contribution in [0.15, 0.2) is 54.7 Å². The molecule has 1 aromatic heterocycles. The van der Waals surface area contributed by atoms with Gasteiger partial charge in [0.2, 0.25) is 0 Å². The van der Waals surface area contributed by atoms with Crippen molar-refractivity contribution < 1.29 is 23.5 Å². The van der Waals surface area contributed by atoms with E-state index in [2.05, 4.69) is 24.1 Å². The number of benzene rings is 2. The third kappa shape index (κ3) is 6.07. The summed E-state index contributed by atoms with van der Waals surface area (Å²) in [5, 5.41) is 3.62. The van der Waals surface area contributed by atoms with Gasteiger partial charge >= 0.3 is 5.97 Å². The Balaban J connectivity index is 1.47. The maximum Gasteiger partial charge on any atom is 0.329 e. The van der Waals surface area contributed by atoms with Gasteiger partial charge in [-0.1, -0.05) is 32.0 Å². The molecule has 2 heterocycles. The molecule has 2 aromatic carbocycles. The molecule has 8 heteroatoms. The van der Waals surface area contributed by atoms with Gasteiger partial charge in [-0.3, -0.25) is 9.59 Å².